The van der Waals surface area contributed by atoms with Crippen LogP contribution in [0.2, 0.25) is 0 Å². The molecule has 0 saturated carbocycles. The molecule has 0 amide bonds. The summed E-state index contributed by atoms with van der Waals surface area (Å²) in [5.41, 5.74) is 2.10. The summed E-state index contributed by atoms with van der Waals surface area (Å²) in [5.74, 6) is 0.647. The van der Waals surface area contributed by atoms with Gasteiger partial charge in [0.15, 0.2) is 0 Å². The second-order valence-electron chi connectivity index (χ2n) is 5.73. The third kappa shape index (κ3) is 8.37. The van der Waals surface area contributed by atoms with Crippen molar-refractivity contribution in [1.29, 1.82) is 0 Å². The van der Waals surface area contributed by atoms with Crippen LogP contribution < -0.4 is 10.1 Å². The van der Waals surface area contributed by atoms with Crippen LogP contribution in [-0.2, 0) is 13.2 Å². The van der Waals surface area contributed by atoms with Crippen LogP contribution in [0, 0.1) is 5.82 Å². The maximum atomic E-state index is 12.9. The normalized spacial score (nSPS) is 10.2. The van der Waals surface area contributed by atoms with Crippen LogP contribution in [0.5, 0.6) is 5.75 Å². The Labute approximate surface area is 168 Å². The second-order valence-corrected chi connectivity index (χ2v) is 5.73. The van der Waals surface area contributed by atoms with Crippen molar-refractivity contribution in [3.05, 3.63) is 65.5 Å². The van der Waals surface area contributed by atoms with Crippen molar-refractivity contribution in [3.63, 3.8) is 0 Å². The highest BCUT2D eigenvalue weighted by molar-refractivity contribution is 5.85. The smallest absolute Gasteiger partial charge is 0.124 e. The standard InChI is InChI=1S/C20H27FN2O.2ClH/c1-3-23(4-2)14-13-22-15-18-7-5-6-8-20(18)24-16-17-9-11-19(21)12-10-17;;/h5-12,22H,3-4,13-16H2,1-2H3;2*1H. The van der Waals surface area contributed by atoms with Crippen molar-refractivity contribution in [2.45, 2.75) is 27.0 Å². The predicted molar refractivity (Wildman–Crippen MR) is 111 cm³/mol. The van der Waals surface area contributed by atoms with Crippen LogP contribution in [0.15, 0.2) is 48.5 Å². The minimum absolute atomic E-state index is 0. The summed E-state index contributed by atoms with van der Waals surface area (Å²) in [6.45, 7) is 9.74. The van der Waals surface area contributed by atoms with E-state index in [-0.39, 0.29) is 30.6 Å². The van der Waals surface area contributed by atoms with E-state index in [1.165, 1.54) is 12.1 Å². The van der Waals surface area contributed by atoms with E-state index in [9.17, 15) is 4.39 Å². The van der Waals surface area contributed by atoms with Gasteiger partial charge in [-0.05, 0) is 36.9 Å². The molecule has 146 valence electrons. The molecule has 0 unspecified atom stereocenters. The largest absolute Gasteiger partial charge is 0.489 e. The van der Waals surface area contributed by atoms with E-state index in [1.807, 2.05) is 18.2 Å². The lowest BCUT2D eigenvalue weighted by Crippen LogP contribution is -2.31. The van der Waals surface area contributed by atoms with E-state index in [0.29, 0.717) is 6.61 Å². The van der Waals surface area contributed by atoms with Crippen LogP contribution in [0.4, 0.5) is 4.39 Å². The molecule has 0 fully saturated rings. The highest BCUT2D eigenvalue weighted by Crippen LogP contribution is 2.19. The summed E-state index contributed by atoms with van der Waals surface area (Å²) in [6.07, 6.45) is 0. The number of ether oxygens (including phenoxy) is 1. The maximum absolute atomic E-state index is 12.9. The van der Waals surface area contributed by atoms with E-state index >= 15 is 0 Å². The highest BCUT2D eigenvalue weighted by Gasteiger charge is 2.04. The Bertz CT molecular complexity index is 607. The number of hydrogen-bond donors (Lipinski definition) is 1. The van der Waals surface area contributed by atoms with Gasteiger partial charge in [0.1, 0.15) is 18.2 Å². The molecule has 0 saturated heterocycles. The lowest BCUT2D eigenvalue weighted by Gasteiger charge is -2.18. The van der Waals surface area contributed by atoms with Crippen molar-refractivity contribution in [1.82, 2.24) is 10.2 Å². The Balaban J connectivity index is 0.00000312. The fourth-order valence-electron chi connectivity index (χ4n) is 2.53. The summed E-state index contributed by atoms with van der Waals surface area (Å²) in [7, 11) is 0. The Morgan fingerprint density at radius 2 is 1.62 bits per heavy atom. The number of hydrogen-bond acceptors (Lipinski definition) is 3. The molecule has 2 aromatic rings. The van der Waals surface area contributed by atoms with Gasteiger partial charge in [-0.25, -0.2) is 4.39 Å². The first-order chi connectivity index (χ1) is 11.7. The van der Waals surface area contributed by atoms with Crippen molar-refractivity contribution in [2.75, 3.05) is 26.2 Å². The molecule has 6 heteroatoms. The predicted octanol–water partition coefficient (Wildman–Crippen LogP) is 4.68. The molecule has 0 aliphatic rings. The molecule has 0 spiro atoms. The topological polar surface area (TPSA) is 24.5 Å². The van der Waals surface area contributed by atoms with E-state index < -0.39 is 0 Å². The quantitative estimate of drug-likeness (QED) is 0.583. The Kier molecular flexibility index (Phi) is 13.1. The molecule has 0 atom stereocenters. The van der Waals surface area contributed by atoms with Crippen molar-refractivity contribution < 1.29 is 9.13 Å². The summed E-state index contributed by atoms with van der Waals surface area (Å²) < 4.78 is 18.9. The lowest BCUT2D eigenvalue weighted by molar-refractivity contribution is 0.295. The summed E-state index contributed by atoms with van der Waals surface area (Å²) in [5, 5.41) is 3.48. The van der Waals surface area contributed by atoms with Gasteiger partial charge in [-0.2, -0.15) is 0 Å². The fourth-order valence-corrected chi connectivity index (χ4v) is 2.53. The zero-order valence-corrected chi connectivity index (χ0v) is 17.0. The summed E-state index contributed by atoms with van der Waals surface area (Å²) in [4.78, 5) is 2.39. The Morgan fingerprint density at radius 3 is 2.27 bits per heavy atom. The number of nitrogens with zero attached hydrogens (tertiary/aromatic N) is 1. The first-order valence-electron chi connectivity index (χ1n) is 8.61. The number of nitrogens with one attached hydrogen (secondary N) is 1. The van der Waals surface area contributed by atoms with Gasteiger partial charge >= 0.3 is 0 Å². The van der Waals surface area contributed by atoms with Crippen molar-refractivity contribution in [3.8, 4) is 5.75 Å². The van der Waals surface area contributed by atoms with Crippen molar-refractivity contribution >= 4 is 24.8 Å². The minimum Gasteiger partial charge on any atom is -0.489 e. The minimum atomic E-state index is -0.225. The lowest BCUT2D eigenvalue weighted by atomic mass is 10.2. The van der Waals surface area contributed by atoms with Gasteiger partial charge in [-0.1, -0.05) is 44.2 Å². The molecule has 0 aliphatic carbocycles. The molecule has 0 heterocycles. The van der Waals surface area contributed by atoms with Crippen molar-refractivity contribution in [2.24, 2.45) is 0 Å². The van der Waals surface area contributed by atoms with E-state index in [4.69, 9.17) is 4.74 Å². The first kappa shape index (κ1) is 24.7. The monoisotopic (exact) mass is 402 g/mol. The zero-order valence-electron chi connectivity index (χ0n) is 15.4. The number of halogens is 3. The summed E-state index contributed by atoms with van der Waals surface area (Å²) in [6, 6.07) is 14.5. The number of benzene rings is 2. The molecule has 3 nitrogen and oxygen atoms in total. The summed E-state index contributed by atoms with van der Waals surface area (Å²) >= 11 is 0. The SMILES string of the molecule is CCN(CC)CCNCc1ccccc1OCc1ccc(F)cc1.Cl.Cl. The van der Waals surface area contributed by atoms with Crippen LogP contribution in [-0.4, -0.2) is 31.1 Å². The van der Waals surface area contributed by atoms with Crippen LogP contribution in [0.1, 0.15) is 25.0 Å². The molecule has 0 aromatic heterocycles. The first-order valence-corrected chi connectivity index (χ1v) is 8.61. The van der Waals surface area contributed by atoms with Gasteiger partial charge in [0.25, 0.3) is 0 Å². The third-order valence-corrected chi connectivity index (χ3v) is 4.09. The third-order valence-electron chi connectivity index (χ3n) is 4.09. The van der Waals surface area contributed by atoms with E-state index in [0.717, 1.165) is 49.6 Å². The van der Waals surface area contributed by atoms with Gasteiger partial charge < -0.3 is 15.0 Å². The highest BCUT2D eigenvalue weighted by atomic mass is 35.5. The molecule has 2 aromatic carbocycles. The second kappa shape index (κ2) is 13.8. The van der Waals surface area contributed by atoms with Crippen LogP contribution in [0.3, 0.4) is 0 Å². The average molecular weight is 403 g/mol. The molecule has 0 aliphatic heterocycles. The Hall–Kier alpha value is -1.33. The number of likely N-dealkylation sites (N-methyl/N-ethyl adjacent to an activating group) is 1. The van der Waals surface area contributed by atoms with Gasteiger partial charge in [0.05, 0.1) is 0 Å². The van der Waals surface area contributed by atoms with Crippen LogP contribution in [0.25, 0.3) is 0 Å². The maximum Gasteiger partial charge on any atom is 0.124 e. The fraction of sp³-hybridized carbons (Fsp3) is 0.400. The van der Waals surface area contributed by atoms with E-state index in [2.05, 4.69) is 30.1 Å². The molecular weight excluding hydrogens is 374 g/mol. The Morgan fingerprint density at radius 1 is 0.962 bits per heavy atom. The molecule has 2 rings (SSSR count). The molecule has 0 radical (unpaired) electrons. The van der Waals surface area contributed by atoms with E-state index in [1.54, 1.807) is 12.1 Å². The van der Waals surface area contributed by atoms with Gasteiger partial charge in [-0.3, -0.25) is 0 Å². The van der Waals surface area contributed by atoms with Gasteiger partial charge in [0.2, 0.25) is 0 Å². The molecule has 26 heavy (non-hydrogen) atoms. The molecule has 0 bridgehead atoms. The number of rotatable bonds is 10. The molecule has 1 N–H and O–H groups in total. The van der Waals surface area contributed by atoms with Crippen LogP contribution >= 0.6 is 24.8 Å². The molecular formula is C20H29Cl2FN2O. The number of para-hydroxylation sites is 1. The van der Waals surface area contributed by atoms with Gasteiger partial charge in [-0.15, -0.1) is 24.8 Å². The zero-order chi connectivity index (χ0) is 17.2. The van der Waals surface area contributed by atoms with Gasteiger partial charge in [0, 0.05) is 25.2 Å². The average Bonchev–Trinajstić information content (AvgIpc) is 2.62.